The van der Waals surface area contributed by atoms with E-state index in [9.17, 15) is 0 Å². The molecule has 0 amide bonds. The summed E-state index contributed by atoms with van der Waals surface area (Å²) in [7, 11) is 1.64. The highest BCUT2D eigenvalue weighted by Crippen LogP contribution is 2.25. The summed E-state index contributed by atoms with van der Waals surface area (Å²) in [4.78, 5) is 13.6. The molecule has 3 rings (SSSR count). The fourth-order valence-corrected chi connectivity index (χ4v) is 3.00. The zero-order valence-corrected chi connectivity index (χ0v) is 15.0. The van der Waals surface area contributed by atoms with Crippen molar-refractivity contribution in [2.24, 2.45) is 0 Å². The molecular weight excluding hydrogens is 322 g/mol. The summed E-state index contributed by atoms with van der Waals surface area (Å²) in [5.74, 6) is 2.08. The molecule has 2 heterocycles. The van der Waals surface area contributed by atoms with Gasteiger partial charge in [-0.2, -0.15) is 0 Å². The zero-order chi connectivity index (χ0) is 17.1. The summed E-state index contributed by atoms with van der Waals surface area (Å²) in [5, 5.41) is 0.768. The van der Waals surface area contributed by atoms with Crippen LogP contribution in [0.1, 0.15) is 22.6 Å². The smallest absolute Gasteiger partial charge is 0.226 e. The average molecular weight is 341 g/mol. The monoisotopic (exact) mass is 341 g/mol. The minimum atomic E-state index is 0.602. The molecule has 1 aromatic carbocycles. The van der Waals surface area contributed by atoms with Crippen LogP contribution in [0.4, 0.5) is 0 Å². The highest BCUT2D eigenvalue weighted by atomic mass is 32.2. The van der Waals surface area contributed by atoms with E-state index in [1.165, 1.54) is 0 Å². The molecule has 5 nitrogen and oxygen atoms in total. The Morgan fingerprint density at radius 2 is 1.67 bits per heavy atom. The Morgan fingerprint density at radius 1 is 1.00 bits per heavy atom. The predicted octanol–water partition coefficient (Wildman–Crippen LogP) is 4.36. The normalized spacial score (nSPS) is 10.8. The van der Waals surface area contributed by atoms with Gasteiger partial charge in [-0.1, -0.05) is 11.8 Å². The van der Waals surface area contributed by atoms with Crippen molar-refractivity contribution in [3.05, 3.63) is 53.2 Å². The van der Waals surface area contributed by atoms with Gasteiger partial charge in [0.2, 0.25) is 5.89 Å². The first-order chi connectivity index (χ1) is 11.6. The fraction of sp³-hybridized carbons (Fsp3) is 0.278. The van der Waals surface area contributed by atoms with Gasteiger partial charge in [0.15, 0.2) is 5.16 Å². The van der Waals surface area contributed by atoms with E-state index in [2.05, 4.69) is 15.0 Å². The fourth-order valence-electron chi connectivity index (χ4n) is 2.18. The Bertz CT molecular complexity index is 821. The second-order valence-electron chi connectivity index (χ2n) is 5.46. The molecular formula is C18H19N3O2S. The molecule has 0 unspecified atom stereocenters. The number of benzene rings is 1. The summed E-state index contributed by atoms with van der Waals surface area (Å²) < 4.78 is 10.7. The molecule has 0 aliphatic carbocycles. The van der Waals surface area contributed by atoms with Crippen molar-refractivity contribution >= 4 is 11.8 Å². The lowest BCUT2D eigenvalue weighted by Crippen LogP contribution is -1.98. The van der Waals surface area contributed by atoms with Gasteiger partial charge in [0, 0.05) is 22.7 Å². The van der Waals surface area contributed by atoms with Crippen molar-refractivity contribution < 1.29 is 9.15 Å². The van der Waals surface area contributed by atoms with Crippen LogP contribution in [0, 0.1) is 20.8 Å². The average Bonchev–Trinajstić information content (AvgIpc) is 3.07. The van der Waals surface area contributed by atoms with Gasteiger partial charge in [0.25, 0.3) is 0 Å². The van der Waals surface area contributed by atoms with Crippen LogP contribution in [0.15, 0.2) is 40.1 Å². The highest BCUT2D eigenvalue weighted by Gasteiger charge is 2.10. The topological polar surface area (TPSA) is 61.0 Å². The standard InChI is InChI=1S/C18H19N3O2S/c1-11-12(2)19-18(20-13(11)3)24-10-15-9-23-17(21-15)14-5-7-16(22-4)8-6-14/h5-9H,10H2,1-4H3. The highest BCUT2D eigenvalue weighted by molar-refractivity contribution is 7.98. The van der Waals surface area contributed by atoms with Crippen LogP contribution in [0.25, 0.3) is 11.5 Å². The van der Waals surface area contributed by atoms with Crippen molar-refractivity contribution in [1.29, 1.82) is 0 Å². The van der Waals surface area contributed by atoms with Gasteiger partial charge in [0.05, 0.1) is 12.8 Å². The van der Waals surface area contributed by atoms with E-state index in [0.29, 0.717) is 11.6 Å². The molecule has 124 valence electrons. The number of oxazole rings is 1. The van der Waals surface area contributed by atoms with E-state index in [-0.39, 0.29) is 0 Å². The first kappa shape index (κ1) is 16.5. The largest absolute Gasteiger partial charge is 0.497 e. The summed E-state index contributed by atoms with van der Waals surface area (Å²) in [6.45, 7) is 6.05. The van der Waals surface area contributed by atoms with Gasteiger partial charge in [-0.15, -0.1) is 0 Å². The Labute approximate surface area is 145 Å². The molecule has 0 aliphatic rings. The lowest BCUT2D eigenvalue weighted by atomic mass is 10.2. The molecule has 6 heteroatoms. The predicted molar refractivity (Wildman–Crippen MR) is 94.3 cm³/mol. The first-order valence-corrected chi connectivity index (χ1v) is 8.59. The van der Waals surface area contributed by atoms with Gasteiger partial charge < -0.3 is 9.15 Å². The summed E-state index contributed by atoms with van der Waals surface area (Å²) in [5.41, 5.74) is 4.96. The SMILES string of the molecule is COc1ccc(-c2nc(CSc3nc(C)c(C)c(C)n3)co2)cc1. The number of methoxy groups -OCH3 is 1. The van der Waals surface area contributed by atoms with E-state index in [0.717, 1.165) is 39.1 Å². The number of hydrogen-bond acceptors (Lipinski definition) is 6. The van der Waals surface area contributed by atoms with Gasteiger partial charge in [0.1, 0.15) is 12.0 Å². The van der Waals surface area contributed by atoms with Crippen LogP contribution < -0.4 is 4.74 Å². The molecule has 0 spiro atoms. The van der Waals surface area contributed by atoms with Gasteiger partial charge in [-0.25, -0.2) is 15.0 Å². The van der Waals surface area contributed by atoms with Crippen molar-refractivity contribution in [3.8, 4) is 17.2 Å². The number of nitrogens with zero attached hydrogens (tertiary/aromatic N) is 3. The summed E-state index contributed by atoms with van der Waals surface area (Å²) in [6, 6.07) is 7.63. The third-order valence-electron chi connectivity index (χ3n) is 3.85. The van der Waals surface area contributed by atoms with Crippen molar-refractivity contribution in [2.75, 3.05) is 7.11 Å². The van der Waals surface area contributed by atoms with Crippen LogP contribution in [-0.2, 0) is 5.75 Å². The number of hydrogen-bond donors (Lipinski definition) is 0. The number of ether oxygens (including phenoxy) is 1. The van der Waals surface area contributed by atoms with E-state index in [4.69, 9.17) is 9.15 Å². The summed E-state index contributed by atoms with van der Waals surface area (Å²) in [6.07, 6.45) is 1.68. The Morgan fingerprint density at radius 3 is 2.29 bits per heavy atom. The Balaban J connectivity index is 1.70. The van der Waals surface area contributed by atoms with E-state index in [1.54, 1.807) is 25.1 Å². The van der Waals surface area contributed by atoms with E-state index >= 15 is 0 Å². The lowest BCUT2D eigenvalue weighted by molar-refractivity contribution is 0.415. The molecule has 24 heavy (non-hydrogen) atoms. The second-order valence-corrected chi connectivity index (χ2v) is 6.41. The minimum Gasteiger partial charge on any atom is -0.497 e. The van der Waals surface area contributed by atoms with Crippen molar-refractivity contribution in [1.82, 2.24) is 15.0 Å². The van der Waals surface area contributed by atoms with Crippen molar-refractivity contribution in [2.45, 2.75) is 31.7 Å². The van der Waals surface area contributed by atoms with Crippen LogP contribution in [0.5, 0.6) is 5.75 Å². The number of rotatable bonds is 5. The maximum atomic E-state index is 5.57. The maximum Gasteiger partial charge on any atom is 0.226 e. The van der Waals surface area contributed by atoms with Crippen LogP contribution in [-0.4, -0.2) is 22.1 Å². The van der Waals surface area contributed by atoms with Crippen LogP contribution >= 0.6 is 11.8 Å². The zero-order valence-electron chi connectivity index (χ0n) is 14.2. The first-order valence-electron chi connectivity index (χ1n) is 7.60. The molecule has 0 bridgehead atoms. The third-order valence-corrected chi connectivity index (χ3v) is 4.73. The Kier molecular flexibility index (Phi) is 4.85. The van der Waals surface area contributed by atoms with Gasteiger partial charge >= 0.3 is 0 Å². The number of aryl methyl sites for hydroxylation is 2. The van der Waals surface area contributed by atoms with E-state index < -0.39 is 0 Å². The van der Waals surface area contributed by atoms with Crippen LogP contribution in [0.2, 0.25) is 0 Å². The summed E-state index contributed by atoms with van der Waals surface area (Å²) >= 11 is 1.56. The molecule has 0 saturated carbocycles. The van der Waals surface area contributed by atoms with Crippen molar-refractivity contribution in [3.63, 3.8) is 0 Å². The van der Waals surface area contributed by atoms with Gasteiger partial charge in [-0.05, 0) is 50.6 Å². The molecule has 0 fully saturated rings. The quantitative estimate of drug-likeness (QED) is 0.508. The molecule has 0 saturated heterocycles. The molecule has 0 N–H and O–H groups in total. The number of thioether (sulfide) groups is 1. The molecule has 3 aromatic rings. The van der Waals surface area contributed by atoms with Gasteiger partial charge in [-0.3, -0.25) is 0 Å². The molecule has 0 aliphatic heterocycles. The van der Waals surface area contributed by atoms with Crippen LogP contribution in [0.3, 0.4) is 0 Å². The maximum absolute atomic E-state index is 5.57. The molecule has 2 aromatic heterocycles. The third kappa shape index (κ3) is 3.59. The lowest BCUT2D eigenvalue weighted by Gasteiger charge is -2.05. The number of aromatic nitrogens is 3. The van der Waals surface area contributed by atoms with E-state index in [1.807, 2.05) is 45.0 Å². The second kappa shape index (κ2) is 7.05. The molecule has 0 radical (unpaired) electrons. The minimum absolute atomic E-state index is 0.602. The Hall–Kier alpha value is -2.34. The molecule has 0 atom stereocenters.